The highest BCUT2D eigenvalue weighted by molar-refractivity contribution is 7.99. The molecule has 2 rings (SSSR count). The molecule has 0 bridgehead atoms. The number of nitrogens with zero attached hydrogens (tertiary/aromatic N) is 2. The van der Waals surface area contributed by atoms with E-state index in [4.69, 9.17) is 11.6 Å². The van der Waals surface area contributed by atoms with E-state index in [0.29, 0.717) is 0 Å². The molecule has 4 heteroatoms. The van der Waals surface area contributed by atoms with Gasteiger partial charge in [0.1, 0.15) is 5.82 Å². The third-order valence-corrected chi connectivity index (χ3v) is 3.56. The molecule has 1 aromatic heterocycles. The van der Waals surface area contributed by atoms with Crippen LogP contribution in [0.4, 0.5) is 0 Å². The summed E-state index contributed by atoms with van der Waals surface area (Å²) in [5.41, 5.74) is 0. The van der Waals surface area contributed by atoms with Crippen molar-refractivity contribution in [2.24, 2.45) is 7.05 Å². The Morgan fingerprint density at radius 1 is 1.27 bits per heavy atom. The average Bonchev–Trinajstić information content (AvgIpc) is 2.53. The smallest absolute Gasteiger partial charge is 0.106 e. The van der Waals surface area contributed by atoms with Gasteiger partial charge in [-0.05, 0) is 31.2 Å². The van der Waals surface area contributed by atoms with E-state index in [1.54, 1.807) is 11.8 Å². The van der Waals surface area contributed by atoms with Crippen molar-refractivity contribution in [3.8, 4) is 0 Å². The molecule has 0 atom stereocenters. The molecule has 15 heavy (non-hydrogen) atoms. The van der Waals surface area contributed by atoms with Crippen molar-refractivity contribution < 1.29 is 0 Å². The number of rotatable bonds is 2. The molecule has 0 aliphatic heterocycles. The Morgan fingerprint density at radius 2 is 1.93 bits per heavy atom. The standard InChI is InChI=1S/C11H11ClN2S/c1-8-13-7-11(14(8)2)15-10-5-3-9(12)4-6-10/h3-7H,1-2H3. The van der Waals surface area contributed by atoms with E-state index in [1.165, 1.54) is 4.90 Å². The Labute approximate surface area is 98.3 Å². The molecule has 2 aromatic rings. The van der Waals surface area contributed by atoms with Crippen LogP contribution in [0.5, 0.6) is 0 Å². The molecule has 0 saturated carbocycles. The third kappa shape index (κ3) is 2.36. The maximum absolute atomic E-state index is 5.82. The monoisotopic (exact) mass is 238 g/mol. The fourth-order valence-corrected chi connectivity index (χ4v) is 2.21. The molecule has 0 amide bonds. The number of hydrogen-bond donors (Lipinski definition) is 0. The largest absolute Gasteiger partial charge is 0.326 e. The first-order valence-electron chi connectivity index (χ1n) is 4.58. The Hall–Kier alpha value is -0.930. The maximum Gasteiger partial charge on any atom is 0.106 e. The predicted octanol–water partition coefficient (Wildman–Crippen LogP) is 3.53. The fourth-order valence-electron chi connectivity index (χ4n) is 1.20. The summed E-state index contributed by atoms with van der Waals surface area (Å²) in [5, 5.41) is 1.90. The number of imidazole rings is 1. The van der Waals surface area contributed by atoms with Crippen LogP contribution in [0.15, 0.2) is 40.4 Å². The number of hydrogen-bond acceptors (Lipinski definition) is 2. The summed E-state index contributed by atoms with van der Waals surface area (Å²) in [7, 11) is 2.01. The summed E-state index contributed by atoms with van der Waals surface area (Å²) in [4.78, 5) is 5.41. The van der Waals surface area contributed by atoms with Crippen molar-refractivity contribution in [1.29, 1.82) is 0 Å². The lowest BCUT2D eigenvalue weighted by molar-refractivity contribution is 0.785. The number of benzene rings is 1. The predicted molar refractivity (Wildman–Crippen MR) is 63.5 cm³/mol. The van der Waals surface area contributed by atoms with Crippen LogP contribution in [-0.4, -0.2) is 9.55 Å². The topological polar surface area (TPSA) is 17.8 Å². The molecule has 78 valence electrons. The van der Waals surface area contributed by atoms with Gasteiger partial charge in [0.15, 0.2) is 0 Å². The van der Waals surface area contributed by atoms with E-state index in [9.17, 15) is 0 Å². The molecular formula is C11H11ClN2S. The van der Waals surface area contributed by atoms with Crippen LogP contribution < -0.4 is 0 Å². The molecule has 0 spiro atoms. The number of aromatic nitrogens is 2. The van der Waals surface area contributed by atoms with Gasteiger partial charge in [-0.1, -0.05) is 23.4 Å². The minimum Gasteiger partial charge on any atom is -0.326 e. The highest BCUT2D eigenvalue weighted by Gasteiger charge is 2.04. The van der Waals surface area contributed by atoms with Crippen LogP contribution in [-0.2, 0) is 7.05 Å². The molecule has 1 aromatic carbocycles. The first-order valence-corrected chi connectivity index (χ1v) is 5.78. The molecular weight excluding hydrogens is 228 g/mol. The van der Waals surface area contributed by atoms with Crippen molar-refractivity contribution in [3.05, 3.63) is 41.3 Å². The van der Waals surface area contributed by atoms with Gasteiger partial charge in [-0.25, -0.2) is 4.98 Å². The Balaban J connectivity index is 2.22. The normalized spacial score (nSPS) is 10.6. The zero-order valence-electron chi connectivity index (χ0n) is 8.57. The van der Waals surface area contributed by atoms with Gasteiger partial charge in [0.25, 0.3) is 0 Å². The first kappa shape index (κ1) is 10.6. The highest BCUT2D eigenvalue weighted by Crippen LogP contribution is 2.28. The summed E-state index contributed by atoms with van der Waals surface area (Å²) in [5.74, 6) is 1.02. The summed E-state index contributed by atoms with van der Waals surface area (Å²) in [6, 6.07) is 7.81. The van der Waals surface area contributed by atoms with Crippen LogP contribution in [0.2, 0.25) is 5.02 Å². The van der Waals surface area contributed by atoms with Gasteiger partial charge in [0.05, 0.1) is 11.2 Å². The van der Waals surface area contributed by atoms with Crippen molar-refractivity contribution >= 4 is 23.4 Å². The van der Waals surface area contributed by atoms with Crippen LogP contribution in [0, 0.1) is 6.92 Å². The van der Waals surface area contributed by atoms with E-state index < -0.39 is 0 Å². The first-order chi connectivity index (χ1) is 7.16. The van der Waals surface area contributed by atoms with E-state index in [-0.39, 0.29) is 0 Å². The summed E-state index contributed by atoms with van der Waals surface area (Å²) < 4.78 is 2.07. The van der Waals surface area contributed by atoms with Crippen molar-refractivity contribution in [2.45, 2.75) is 16.8 Å². The van der Waals surface area contributed by atoms with Crippen LogP contribution in [0.1, 0.15) is 5.82 Å². The van der Waals surface area contributed by atoms with Gasteiger partial charge in [-0.15, -0.1) is 0 Å². The highest BCUT2D eigenvalue weighted by atomic mass is 35.5. The molecule has 0 aliphatic carbocycles. The molecule has 0 unspecified atom stereocenters. The van der Waals surface area contributed by atoms with Crippen molar-refractivity contribution in [2.75, 3.05) is 0 Å². The number of aryl methyl sites for hydroxylation is 1. The van der Waals surface area contributed by atoms with Gasteiger partial charge in [-0.2, -0.15) is 0 Å². The second-order valence-electron chi connectivity index (χ2n) is 3.26. The molecule has 0 radical (unpaired) electrons. The fraction of sp³-hybridized carbons (Fsp3) is 0.182. The van der Waals surface area contributed by atoms with E-state index in [0.717, 1.165) is 15.9 Å². The van der Waals surface area contributed by atoms with Crippen LogP contribution in [0.25, 0.3) is 0 Å². The summed E-state index contributed by atoms with van der Waals surface area (Å²) >= 11 is 7.51. The lowest BCUT2D eigenvalue weighted by Crippen LogP contribution is -1.92. The minimum atomic E-state index is 0.764. The molecule has 2 nitrogen and oxygen atoms in total. The van der Waals surface area contributed by atoms with Gasteiger partial charge in [0, 0.05) is 17.0 Å². The van der Waals surface area contributed by atoms with E-state index in [1.807, 2.05) is 44.4 Å². The van der Waals surface area contributed by atoms with Gasteiger partial charge in [-0.3, -0.25) is 0 Å². The molecule has 1 heterocycles. The van der Waals surface area contributed by atoms with Gasteiger partial charge < -0.3 is 4.57 Å². The average molecular weight is 239 g/mol. The lowest BCUT2D eigenvalue weighted by Gasteiger charge is -2.03. The van der Waals surface area contributed by atoms with Crippen LogP contribution >= 0.6 is 23.4 Å². The van der Waals surface area contributed by atoms with Crippen LogP contribution in [0.3, 0.4) is 0 Å². The SMILES string of the molecule is Cc1ncc(Sc2ccc(Cl)cc2)n1C. The van der Waals surface area contributed by atoms with E-state index in [2.05, 4.69) is 9.55 Å². The second-order valence-corrected chi connectivity index (χ2v) is 4.79. The molecule has 0 aliphatic rings. The Morgan fingerprint density at radius 3 is 2.47 bits per heavy atom. The zero-order valence-corrected chi connectivity index (χ0v) is 10.1. The summed E-state index contributed by atoms with van der Waals surface area (Å²) in [6.45, 7) is 1.99. The van der Waals surface area contributed by atoms with Gasteiger partial charge in [0.2, 0.25) is 0 Å². The lowest BCUT2D eigenvalue weighted by atomic mass is 10.4. The Kier molecular flexibility index (Phi) is 3.03. The van der Waals surface area contributed by atoms with Crippen molar-refractivity contribution in [1.82, 2.24) is 9.55 Å². The quantitative estimate of drug-likeness (QED) is 0.797. The molecule has 0 N–H and O–H groups in total. The van der Waals surface area contributed by atoms with Crippen molar-refractivity contribution in [3.63, 3.8) is 0 Å². The number of halogens is 1. The maximum atomic E-state index is 5.82. The Bertz CT molecular complexity index is 462. The minimum absolute atomic E-state index is 0.764. The third-order valence-electron chi connectivity index (χ3n) is 2.21. The summed E-state index contributed by atoms with van der Waals surface area (Å²) in [6.07, 6.45) is 1.88. The second kappa shape index (κ2) is 4.29. The van der Waals surface area contributed by atoms with E-state index >= 15 is 0 Å². The zero-order chi connectivity index (χ0) is 10.8. The molecule has 0 fully saturated rings. The molecule has 0 saturated heterocycles. The van der Waals surface area contributed by atoms with Gasteiger partial charge >= 0.3 is 0 Å².